The van der Waals surface area contributed by atoms with E-state index in [1.807, 2.05) is 0 Å². The van der Waals surface area contributed by atoms with Gasteiger partial charge < -0.3 is 9.63 Å². The molecule has 1 rings (SSSR count). The van der Waals surface area contributed by atoms with Gasteiger partial charge in [-0.2, -0.15) is 0 Å². The van der Waals surface area contributed by atoms with Crippen LogP contribution in [0, 0.1) is 0 Å². The molecule has 1 aromatic rings. The van der Waals surface area contributed by atoms with Gasteiger partial charge in [0.15, 0.2) is 0 Å². The largest absolute Gasteiger partial charge is 0.507 e. The molecule has 16 heavy (non-hydrogen) atoms. The van der Waals surface area contributed by atoms with Crippen LogP contribution in [0.4, 0.5) is 0 Å². The van der Waals surface area contributed by atoms with E-state index in [-0.39, 0.29) is 11.3 Å². The van der Waals surface area contributed by atoms with Crippen LogP contribution in [0.5, 0.6) is 5.75 Å². The second kappa shape index (κ2) is 5.36. The van der Waals surface area contributed by atoms with E-state index in [1.165, 1.54) is 18.2 Å². The molecule has 1 unspecified atom stereocenters. The van der Waals surface area contributed by atoms with Gasteiger partial charge >= 0.3 is 12.8 Å². The van der Waals surface area contributed by atoms with Crippen molar-refractivity contribution in [3.8, 4) is 5.75 Å². The number of phenols is 1. The fourth-order valence-corrected chi connectivity index (χ4v) is 1.99. The zero-order valence-corrected chi connectivity index (χ0v) is 10.0. The lowest BCUT2D eigenvalue weighted by Crippen LogP contribution is -2.04. The summed E-state index contributed by atoms with van der Waals surface area (Å²) in [5, 5.41) is 14.4. The van der Waals surface area contributed by atoms with Gasteiger partial charge in [0.25, 0.3) is 0 Å². The number of hydrogen-bond donors (Lipinski definition) is 2. The zero-order valence-electron chi connectivity index (χ0n) is 8.32. The summed E-state index contributed by atoms with van der Waals surface area (Å²) >= 11 is 0.310. The highest BCUT2D eigenvalue weighted by atomic mass is 32.7. The molecule has 0 aromatic heterocycles. The number of para-hydroxylation sites is 1. The van der Waals surface area contributed by atoms with Gasteiger partial charge in [0, 0.05) is 7.11 Å². The molecule has 0 aliphatic heterocycles. The predicted molar refractivity (Wildman–Crippen MR) is 59.9 cm³/mol. The summed E-state index contributed by atoms with van der Waals surface area (Å²) in [6.45, 7) is -3.69. The predicted octanol–water partition coefficient (Wildman–Crippen LogP) is 1.91. The van der Waals surface area contributed by atoms with E-state index >= 15 is 0 Å². The Hall–Kier alpha value is -1.01. The van der Waals surface area contributed by atoms with E-state index in [0.717, 1.165) is 7.11 Å². The molecule has 0 radical (unpaired) electrons. The Morgan fingerprint density at radius 3 is 2.62 bits per heavy atom. The van der Waals surface area contributed by atoms with E-state index in [0.29, 0.717) is 11.6 Å². The van der Waals surface area contributed by atoms with Crippen LogP contribution in [-0.2, 0) is 13.6 Å². The molecule has 8 heteroatoms. The van der Waals surface area contributed by atoms with Crippen molar-refractivity contribution in [3.05, 3.63) is 29.8 Å². The molecule has 1 aromatic carbocycles. The lowest BCUT2D eigenvalue weighted by Gasteiger charge is -2.12. The minimum Gasteiger partial charge on any atom is -0.507 e. The first-order chi connectivity index (χ1) is 7.52. The van der Waals surface area contributed by atoms with E-state index in [9.17, 15) is 14.5 Å². The Kier molecular flexibility index (Phi) is 4.37. The molecule has 88 valence electrons. The molecule has 0 saturated heterocycles. The van der Waals surface area contributed by atoms with Gasteiger partial charge in [-0.25, -0.2) is 9.36 Å². The molecule has 0 amide bonds. The molecule has 0 saturated carbocycles. The highest BCUT2D eigenvalue weighted by Gasteiger charge is 2.28. The van der Waals surface area contributed by atoms with Crippen molar-refractivity contribution in [3.63, 3.8) is 0 Å². The van der Waals surface area contributed by atoms with E-state index in [1.54, 1.807) is 6.07 Å². The summed E-state index contributed by atoms with van der Waals surface area (Å²) in [7, 11) is 1.11. The number of carbonyl (C=O) groups is 1. The number of rotatable bonds is 4. The van der Waals surface area contributed by atoms with Gasteiger partial charge in [0.1, 0.15) is 11.3 Å². The normalized spacial score (nSPS) is 14.1. The highest BCUT2D eigenvalue weighted by Crippen LogP contribution is 2.57. The van der Waals surface area contributed by atoms with Crippen molar-refractivity contribution in [2.45, 2.75) is 0 Å². The first-order valence-electron chi connectivity index (χ1n) is 4.08. The molecule has 1 atom stereocenters. The van der Waals surface area contributed by atoms with Crippen molar-refractivity contribution in [2.75, 3.05) is 7.11 Å². The molecule has 0 bridgehead atoms. The number of benzene rings is 1. The average molecular weight is 263 g/mol. The summed E-state index contributed by atoms with van der Waals surface area (Å²) in [4.78, 5) is 11.5. The Morgan fingerprint density at radius 2 is 2.12 bits per heavy atom. The Bertz CT molecular complexity index is 430. The summed E-state index contributed by atoms with van der Waals surface area (Å²) in [5.74, 6) is -1.22. The summed E-state index contributed by atoms with van der Waals surface area (Å²) < 4.78 is 20.6. The smallest absolute Gasteiger partial charge is 0.456 e. The second-order valence-corrected chi connectivity index (χ2v) is 6.26. The van der Waals surface area contributed by atoms with Crippen molar-refractivity contribution in [1.82, 2.24) is 0 Å². The van der Waals surface area contributed by atoms with Crippen molar-refractivity contribution in [2.24, 2.45) is 5.14 Å². The standard InChI is InChI=1S/C8H10NO5PS/c1-13-15(12,16-9)14-8(11)6-4-2-3-5-7(6)10/h2-5,10H,9H2,1H3. The molecule has 0 aliphatic rings. The van der Waals surface area contributed by atoms with Crippen LogP contribution in [0.15, 0.2) is 24.3 Å². The van der Waals surface area contributed by atoms with Gasteiger partial charge in [-0.15, -0.1) is 0 Å². The van der Waals surface area contributed by atoms with Crippen LogP contribution >= 0.6 is 18.4 Å². The number of aromatic hydroxyl groups is 1. The molecule has 0 spiro atoms. The quantitative estimate of drug-likeness (QED) is 0.632. The molecule has 0 heterocycles. The molecule has 0 aliphatic carbocycles. The van der Waals surface area contributed by atoms with Gasteiger partial charge in [0.05, 0.1) is 11.6 Å². The monoisotopic (exact) mass is 263 g/mol. The Balaban J connectivity index is 2.89. The number of hydrogen-bond acceptors (Lipinski definition) is 7. The lowest BCUT2D eigenvalue weighted by atomic mass is 10.2. The van der Waals surface area contributed by atoms with Crippen LogP contribution in [0.25, 0.3) is 0 Å². The zero-order chi connectivity index (χ0) is 12.2. The average Bonchev–Trinajstić information content (AvgIpc) is 2.29. The van der Waals surface area contributed by atoms with Gasteiger partial charge in [-0.05, 0) is 12.1 Å². The van der Waals surface area contributed by atoms with Crippen molar-refractivity contribution < 1.29 is 23.5 Å². The molecular weight excluding hydrogens is 253 g/mol. The molecule has 0 fully saturated rings. The minimum absolute atomic E-state index is 0.103. The first-order valence-corrected chi connectivity index (χ1v) is 7.11. The third-order valence-corrected chi connectivity index (χ3v) is 4.21. The number of nitrogens with two attached hydrogens (primary N) is 1. The van der Waals surface area contributed by atoms with Crippen molar-refractivity contribution >= 4 is 24.3 Å². The van der Waals surface area contributed by atoms with E-state index in [2.05, 4.69) is 9.05 Å². The summed E-state index contributed by atoms with van der Waals surface area (Å²) in [6, 6.07) is 5.71. The molecular formula is C8H10NO5PS. The summed E-state index contributed by atoms with van der Waals surface area (Å²) in [5.41, 5.74) is -0.103. The highest BCUT2D eigenvalue weighted by molar-refractivity contribution is 8.54. The van der Waals surface area contributed by atoms with Crippen LogP contribution < -0.4 is 5.14 Å². The third kappa shape index (κ3) is 2.99. The summed E-state index contributed by atoms with van der Waals surface area (Å²) in [6.07, 6.45) is 0. The Morgan fingerprint density at radius 1 is 1.50 bits per heavy atom. The van der Waals surface area contributed by atoms with Gasteiger partial charge in [0.2, 0.25) is 0 Å². The number of phenolic OH excluding ortho intramolecular Hbond substituents is 1. The van der Waals surface area contributed by atoms with Crippen LogP contribution in [0.2, 0.25) is 0 Å². The van der Waals surface area contributed by atoms with Gasteiger partial charge in [-0.3, -0.25) is 9.66 Å². The maximum atomic E-state index is 11.5. The van der Waals surface area contributed by atoms with Crippen molar-refractivity contribution in [1.29, 1.82) is 0 Å². The topological polar surface area (TPSA) is 98.8 Å². The fourth-order valence-electron chi connectivity index (χ4n) is 0.899. The van der Waals surface area contributed by atoms with E-state index < -0.39 is 12.8 Å². The lowest BCUT2D eigenvalue weighted by molar-refractivity contribution is 0.0716. The first kappa shape index (κ1) is 13.1. The fraction of sp³-hybridized carbons (Fsp3) is 0.125. The maximum Gasteiger partial charge on any atom is 0.456 e. The Labute approximate surface area is 96.2 Å². The minimum atomic E-state index is -3.69. The maximum absolute atomic E-state index is 11.5. The SMILES string of the molecule is COP(=O)(OC(=O)c1ccccc1O)SN. The third-order valence-electron chi connectivity index (χ3n) is 1.67. The van der Waals surface area contributed by atoms with Gasteiger partial charge in [-0.1, -0.05) is 12.1 Å². The van der Waals surface area contributed by atoms with Crippen LogP contribution in [0.3, 0.4) is 0 Å². The van der Waals surface area contributed by atoms with Crippen LogP contribution in [0.1, 0.15) is 10.4 Å². The van der Waals surface area contributed by atoms with E-state index in [4.69, 9.17) is 5.14 Å². The number of carbonyl (C=O) groups excluding carboxylic acids is 1. The molecule has 3 N–H and O–H groups in total. The molecule has 6 nitrogen and oxygen atoms in total. The van der Waals surface area contributed by atoms with Crippen LogP contribution in [-0.4, -0.2) is 18.2 Å². The second-order valence-electron chi connectivity index (χ2n) is 2.63.